The van der Waals surface area contributed by atoms with E-state index in [1.165, 1.54) is 0 Å². The van der Waals surface area contributed by atoms with Crippen LogP contribution in [0.15, 0.2) is 18.3 Å². The zero-order valence-electron chi connectivity index (χ0n) is 11.8. The number of carbonyl (C=O) groups is 2. The molecule has 0 unspecified atom stereocenters. The van der Waals surface area contributed by atoms with Crippen molar-refractivity contribution in [3.63, 3.8) is 0 Å². The van der Waals surface area contributed by atoms with E-state index in [2.05, 4.69) is 15.6 Å². The minimum absolute atomic E-state index is 0.0694. The van der Waals surface area contributed by atoms with E-state index in [1.54, 1.807) is 19.4 Å². The number of carboxylic acids is 1. The smallest absolute Gasteiger partial charge is 0.315 e. The summed E-state index contributed by atoms with van der Waals surface area (Å²) in [6, 6.07) is 3.19. The molecule has 2 amide bonds. The van der Waals surface area contributed by atoms with Crippen molar-refractivity contribution in [1.29, 1.82) is 0 Å². The zero-order chi connectivity index (χ0) is 15.2. The van der Waals surface area contributed by atoms with Crippen LogP contribution in [-0.4, -0.2) is 35.2 Å². The Balaban J connectivity index is 1.73. The number of hydrogen-bond donors (Lipinski definition) is 3. The quantitative estimate of drug-likeness (QED) is 0.756. The summed E-state index contributed by atoms with van der Waals surface area (Å²) in [7, 11) is 1.54. The third-order valence-electron chi connectivity index (χ3n) is 3.58. The Hall–Kier alpha value is -2.31. The molecular weight excluding hydrogens is 274 g/mol. The van der Waals surface area contributed by atoms with Gasteiger partial charge in [0, 0.05) is 24.8 Å². The molecule has 0 saturated heterocycles. The molecule has 2 rings (SSSR count). The van der Waals surface area contributed by atoms with Crippen molar-refractivity contribution in [2.75, 3.05) is 7.11 Å². The van der Waals surface area contributed by atoms with Crippen LogP contribution in [0.5, 0.6) is 5.88 Å². The standard InChI is InChI=1S/C14H19N3O4/c1-21-12-5-2-9(7-15-12)8-16-14(20)17-11-4-3-10(6-11)13(18)19/h2,5,7,10-11H,3-4,6,8H2,1H3,(H,18,19)(H2,16,17,20)/t10-,11+/m1/s1. The van der Waals surface area contributed by atoms with Crippen molar-refractivity contribution in [3.8, 4) is 5.88 Å². The Morgan fingerprint density at radius 2 is 2.24 bits per heavy atom. The van der Waals surface area contributed by atoms with Gasteiger partial charge in [0.15, 0.2) is 0 Å². The Bertz CT molecular complexity index is 503. The highest BCUT2D eigenvalue weighted by Crippen LogP contribution is 2.25. The number of carboxylic acid groups (broad SMARTS) is 1. The number of ether oxygens (including phenoxy) is 1. The van der Waals surface area contributed by atoms with Crippen LogP contribution >= 0.6 is 0 Å². The summed E-state index contributed by atoms with van der Waals surface area (Å²) >= 11 is 0. The van der Waals surface area contributed by atoms with Crippen LogP contribution in [0.3, 0.4) is 0 Å². The number of hydrogen-bond acceptors (Lipinski definition) is 4. The Kier molecular flexibility index (Phi) is 4.97. The van der Waals surface area contributed by atoms with Crippen molar-refractivity contribution in [2.24, 2.45) is 5.92 Å². The molecule has 0 bridgehead atoms. The second-order valence-corrected chi connectivity index (χ2v) is 5.08. The molecule has 1 aliphatic rings. The number of rotatable bonds is 5. The van der Waals surface area contributed by atoms with Gasteiger partial charge in [0.05, 0.1) is 13.0 Å². The molecule has 1 fully saturated rings. The fourth-order valence-corrected chi connectivity index (χ4v) is 2.39. The van der Waals surface area contributed by atoms with Gasteiger partial charge in [-0.2, -0.15) is 0 Å². The van der Waals surface area contributed by atoms with Gasteiger partial charge in [0.1, 0.15) is 0 Å². The minimum Gasteiger partial charge on any atom is -0.481 e. The van der Waals surface area contributed by atoms with Crippen LogP contribution in [0.1, 0.15) is 24.8 Å². The molecular formula is C14H19N3O4. The largest absolute Gasteiger partial charge is 0.481 e. The van der Waals surface area contributed by atoms with Gasteiger partial charge in [-0.3, -0.25) is 4.79 Å². The van der Waals surface area contributed by atoms with Crippen molar-refractivity contribution in [2.45, 2.75) is 31.8 Å². The number of nitrogens with zero attached hydrogens (tertiary/aromatic N) is 1. The van der Waals surface area contributed by atoms with E-state index in [4.69, 9.17) is 9.84 Å². The lowest BCUT2D eigenvalue weighted by Crippen LogP contribution is -2.40. The molecule has 1 aromatic heterocycles. The fourth-order valence-electron chi connectivity index (χ4n) is 2.39. The topological polar surface area (TPSA) is 101 Å². The van der Waals surface area contributed by atoms with Crippen LogP contribution in [0.2, 0.25) is 0 Å². The predicted molar refractivity (Wildman–Crippen MR) is 74.9 cm³/mol. The lowest BCUT2D eigenvalue weighted by molar-refractivity contribution is -0.141. The highest BCUT2D eigenvalue weighted by atomic mass is 16.5. The Labute approximate surface area is 122 Å². The van der Waals surface area contributed by atoms with E-state index in [1.807, 2.05) is 6.07 Å². The molecule has 0 radical (unpaired) electrons. The number of aromatic nitrogens is 1. The molecule has 0 spiro atoms. The van der Waals surface area contributed by atoms with Crippen LogP contribution in [0, 0.1) is 5.92 Å². The molecule has 7 nitrogen and oxygen atoms in total. The average molecular weight is 293 g/mol. The number of urea groups is 1. The summed E-state index contributed by atoms with van der Waals surface area (Å²) in [5.74, 6) is -0.612. The fraction of sp³-hybridized carbons (Fsp3) is 0.500. The molecule has 0 aromatic carbocycles. The first-order chi connectivity index (χ1) is 10.1. The third-order valence-corrected chi connectivity index (χ3v) is 3.58. The van der Waals surface area contributed by atoms with E-state index in [0.29, 0.717) is 31.7 Å². The Morgan fingerprint density at radius 3 is 2.81 bits per heavy atom. The first kappa shape index (κ1) is 15.1. The van der Waals surface area contributed by atoms with E-state index in [-0.39, 0.29) is 18.0 Å². The van der Waals surface area contributed by atoms with Crippen molar-refractivity contribution < 1.29 is 19.4 Å². The van der Waals surface area contributed by atoms with Gasteiger partial charge in [-0.25, -0.2) is 9.78 Å². The third kappa shape index (κ3) is 4.34. The molecule has 2 atom stereocenters. The lowest BCUT2D eigenvalue weighted by Gasteiger charge is -2.13. The number of pyridine rings is 1. The number of methoxy groups -OCH3 is 1. The van der Waals surface area contributed by atoms with Gasteiger partial charge >= 0.3 is 12.0 Å². The summed E-state index contributed by atoms with van der Waals surface area (Å²) in [5.41, 5.74) is 0.862. The second-order valence-electron chi connectivity index (χ2n) is 5.08. The first-order valence-electron chi connectivity index (χ1n) is 6.84. The molecule has 7 heteroatoms. The summed E-state index contributed by atoms with van der Waals surface area (Å²) in [4.78, 5) is 26.7. The van der Waals surface area contributed by atoms with Gasteiger partial charge in [-0.15, -0.1) is 0 Å². The normalized spacial score (nSPS) is 20.8. The average Bonchev–Trinajstić information content (AvgIpc) is 2.94. The highest BCUT2D eigenvalue weighted by Gasteiger charge is 2.30. The predicted octanol–water partition coefficient (Wildman–Crippen LogP) is 1.14. The number of aliphatic carboxylic acids is 1. The molecule has 21 heavy (non-hydrogen) atoms. The summed E-state index contributed by atoms with van der Waals surface area (Å²) in [6.45, 7) is 0.359. The second kappa shape index (κ2) is 6.92. The van der Waals surface area contributed by atoms with E-state index in [9.17, 15) is 9.59 Å². The van der Waals surface area contributed by atoms with Crippen LogP contribution in [-0.2, 0) is 11.3 Å². The van der Waals surface area contributed by atoms with Crippen LogP contribution in [0.4, 0.5) is 4.79 Å². The summed E-state index contributed by atoms with van der Waals surface area (Å²) in [6.07, 6.45) is 3.44. The molecule has 1 aliphatic carbocycles. The van der Waals surface area contributed by atoms with Crippen LogP contribution in [0.25, 0.3) is 0 Å². The lowest BCUT2D eigenvalue weighted by atomic mass is 10.1. The minimum atomic E-state index is -0.788. The highest BCUT2D eigenvalue weighted by molar-refractivity contribution is 5.75. The monoisotopic (exact) mass is 293 g/mol. The molecule has 3 N–H and O–H groups in total. The van der Waals surface area contributed by atoms with Gasteiger partial charge in [0.2, 0.25) is 5.88 Å². The molecule has 114 valence electrons. The van der Waals surface area contributed by atoms with Crippen molar-refractivity contribution in [3.05, 3.63) is 23.9 Å². The van der Waals surface area contributed by atoms with Gasteiger partial charge in [-0.1, -0.05) is 6.07 Å². The number of amides is 2. The van der Waals surface area contributed by atoms with Crippen molar-refractivity contribution >= 4 is 12.0 Å². The number of carbonyl (C=O) groups excluding carboxylic acids is 1. The van der Waals surface area contributed by atoms with E-state index < -0.39 is 5.97 Å². The molecule has 1 saturated carbocycles. The molecule has 1 heterocycles. The van der Waals surface area contributed by atoms with Crippen LogP contribution < -0.4 is 15.4 Å². The summed E-state index contributed by atoms with van der Waals surface area (Å²) < 4.78 is 4.95. The maximum atomic E-state index is 11.8. The molecule has 0 aliphatic heterocycles. The first-order valence-corrected chi connectivity index (χ1v) is 6.84. The van der Waals surface area contributed by atoms with E-state index in [0.717, 1.165) is 5.56 Å². The zero-order valence-corrected chi connectivity index (χ0v) is 11.8. The maximum Gasteiger partial charge on any atom is 0.315 e. The van der Waals surface area contributed by atoms with Gasteiger partial charge in [-0.05, 0) is 24.8 Å². The SMILES string of the molecule is COc1ccc(CNC(=O)N[C@H]2CC[C@@H](C(=O)O)C2)cn1. The van der Waals surface area contributed by atoms with E-state index >= 15 is 0 Å². The maximum absolute atomic E-state index is 11.8. The van der Waals surface area contributed by atoms with Gasteiger partial charge in [0.25, 0.3) is 0 Å². The summed E-state index contributed by atoms with van der Waals surface area (Å²) in [5, 5.41) is 14.4. The number of nitrogens with one attached hydrogen (secondary N) is 2. The Morgan fingerprint density at radius 1 is 1.43 bits per heavy atom. The van der Waals surface area contributed by atoms with Gasteiger partial charge < -0.3 is 20.5 Å². The molecule has 1 aromatic rings. The van der Waals surface area contributed by atoms with Crippen molar-refractivity contribution in [1.82, 2.24) is 15.6 Å².